The quantitative estimate of drug-likeness (QED) is 0.416. The van der Waals surface area contributed by atoms with Crippen LogP contribution >= 0.6 is 11.6 Å². The number of aryl methyl sites for hydroxylation is 1. The van der Waals surface area contributed by atoms with Crippen LogP contribution in [0.25, 0.3) is 0 Å². The number of unbranched alkanes of at least 4 members (excludes halogenated alkanes) is 1. The van der Waals surface area contributed by atoms with Gasteiger partial charge in [-0.25, -0.2) is 8.42 Å². The second-order valence-corrected chi connectivity index (χ2v) is 8.98. The number of carbonyl (C=O) groups is 1. The van der Waals surface area contributed by atoms with E-state index in [4.69, 9.17) is 16.7 Å². The van der Waals surface area contributed by atoms with Crippen molar-refractivity contribution in [2.75, 3.05) is 5.75 Å². The van der Waals surface area contributed by atoms with Crippen molar-refractivity contribution in [1.82, 2.24) is 4.72 Å². The van der Waals surface area contributed by atoms with E-state index in [1.54, 1.807) is 12.1 Å². The first-order valence-corrected chi connectivity index (χ1v) is 11.2. The lowest BCUT2D eigenvalue weighted by atomic mass is 10.1. The second-order valence-electron chi connectivity index (χ2n) is 6.70. The van der Waals surface area contributed by atoms with E-state index in [0.29, 0.717) is 24.3 Å². The van der Waals surface area contributed by atoms with Crippen molar-refractivity contribution in [2.24, 2.45) is 0 Å². The molecule has 0 aliphatic heterocycles. The highest BCUT2D eigenvalue weighted by atomic mass is 35.5. The maximum absolute atomic E-state index is 12.4. The first kappa shape index (κ1) is 21.5. The molecule has 0 heterocycles. The van der Waals surface area contributed by atoms with Crippen LogP contribution in [0.15, 0.2) is 47.7 Å². The fourth-order valence-corrected chi connectivity index (χ4v) is 4.49. The number of sulfonamides is 1. The molecular formula is C20H26ClNO4S. The zero-order chi connectivity index (χ0) is 19.7. The van der Waals surface area contributed by atoms with Crippen LogP contribution in [0.5, 0.6) is 0 Å². The Morgan fingerprint density at radius 1 is 1.26 bits per heavy atom. The molecule has 148 valence electrons. The monoisotopic (exact) mass is 411 g/mol. The molecule has 0 amide bonds. The van der Waals surface area contributed by atoms with Crippen molar-refractivity contribution in [3.05, 3.63) is 58.3 Å². The molecule has 0 unspecified atom stereocenters. The van der Waals surface area contributed by atoms with Gasteiger partial charge in [-0.3, -0.25) is 9.52 Å². The molecule has 1 aliphatic rings. The molecule has 0 aromatic heterocycles. The number of nitrogens with one attached hydrogen (secondary N) is 1. The Kier molecular flexibility index (Phi) is 8.38. The molecule has 1 aromatic rings. The third-order valence-electron chi connectivity index (χ3n) is 4.45. The minimum Gasteiger partial charge on any atom is -0.481 e. The fraction of sp³-hybridized carbons (Fsp3) is 0.450. The number of benzene rings is 1. The van der Waals surface area contributed by atoms with Crippen LogP contribution in [-0.2, 0) is 21.2 Å². The Bertz CT molecular complexity index is 815. The summed E-state index contributed by atoms with van der Waals surface area (Å²) in [5.74, 6) is -0.758. The maximum Gasteiger partial charge on any atom is 0.303 e. The van der Waals surface area contributed by atoms with Crippen LogP contribution < -0.4 is 4.72 Å². The molecule has 1 aromatic carbocycles. The molecule has 0 spiro atoms. The lowest BCUT2D eigenvalue weighted by molar-refractivity contribution is -0.137. The number of carboxylic acids is 1. The predicted molar refractivity (Wildman–Crippen MR) is 108 cm³/mol. The van der Waals surface area contributed by atoms with Crippen LogP contribution in [0.4, 0.5) is 0 Å². The number of hydrogen-bond acceptors (Lipinski definition) is 3. The lowest BCUT2D eigenvalue weighted by Gasteiger charge is -2.11. The number of hydrogen-bond donors (Lipinski definition) is 2. The third kappa shape index (κ3) is 8.18. The van der Waals surface area contributed by atoms with Gasteiger partial charge in [0, 0.05) is 17.1 Å². The van der Waals surface area contributed by atoms with Gasteiger partial charge in [0.1, 0.15) is 0 Å². The smallest absolute Gasteiger partial charge is 0.303 e. The molecule has 5 nitrogen and oxygen atoms in total. The largest absolute Gasteiger partial charge is 0.481 e. The van der Waals surface area contributed by atoms with E-state index in [1.165, 1.54) is 0 Å². The zero-order valence-electron chi connectivity index (χ0n) is 15.3. The average molecular weight is 412 g/mol. The highest BCUT2D eigenvalue weighted by Gasteiger charge is 2.19. The first-order valence-electron chi connectivity index (χ1n) is 9.18. The van der Waals surface area contributed by atoms with Crippen molar-refractivity contribution in [1.29, 1.82) is 0 Å². The summed E-state index contributed by atoms with van der Waals surface area (Å²) in [4.78, 5) is 10.5. The first-order chi connectivity index (χ1) is 12.9. The van der Waals surface area contributed by atoms with Gasteiger partial charge in [-0.2, -0.15) is 0 Å². The van der Waals surface area contributed by atoms with E-state index in [9.17, 15) is 13.2 Å². The van der Waals surface area contributed by atoms with E-state index >= 15 is 0 Å². The van der Waals surface area contributed by atoms with Gasteiger partial charge in [0.05, 0.1) is 5.75 Å². The van der Waals surface area contributed by atoms with Crippen molar-refractivity contribution in [3.8, 4) is 0 Å². The van der Waals surface area contributed by atoms with Gasteiger partial charge < -0.3 is 5.11 Å². The number of rotatable bonds is 11. The van der Waals surface area contributed by atoms with Gasteiger partial charge in [0.2, 0.25) is 10.0 Å². The Labute approximate surface area is 166 Å². The maximum atomic E-state index is 12.4. The van der Waals surface area contributed by atoms with Gasteiger partial charge in [0.25, 0.3) is 0 Å². The molecule has 0 atom stereocenters. The van der Waals surface area contributed by atoms with E-state index in [0.717, 1.165) is 42.5 Å². The van der Waals surface area contributed by atoms with E-state index < -0.39 is 16.0 Å². The minimum absolute atomic E-state index is 0.0230. The van der Waals surface area contributed by atoms with Gasteiger partial charge in [0.15, 0.2) is 0 Å². The fourth-order valence-electron chi connectivity index (χ4n) is 3.05. The van der Waals surface area contributed by atoms with Gasteiger partial charge in [-0.05, 0) is 68.2 Å². The molecule has 0 radical (unpaired) electrons. The molecule has 2 rings (SSSR count). The molecule has 1 aliphatic carbocycles. The lowest BCUT2D eigenvalue weighted by Crippen LogP contribution is -2.26. The number of halogens is 1. The van der Waals surface area contributed by atoms with Gasteiger partial charge in [-0.1, -0.05) is 35.9 Å². The van der Waals surface area contributed by atoms with E-state index in [1.807, 2.05) is 24.3 Å². The van der Waals surface area contributed by atoms with Crippen molar-refractivity contribution < 1.29 is 18.3 Å². The molecule has 7 heteroatoms. The summed E-state index contributed by atoms with van der Waals surface area (Å²) < 4.78 is 27.6. The van der Waals surface area contributed by atoms with Gasteiger partial charge in [-0.15, -0.1) is 0 Å². The van der Waals surface area contributed by atoms with Crippen molar-refractivity contribution in [3.63, 3.8) is 0 Å². The number of allylic oxidation sites excluding steroid dienone is 4. The van der Waals surface area contributed by atoms with Crippen molar-refractivity contribution in [2.45, 2.75) is 51.4 Å². The molecule has 0 saturated heterocycles. The summed E-state index contributed by atoms with van der Waals surface area (Å²) in [6, 6.07) is 7.24. The molecule has 27 heavy (non-hydrogen) atoms. The molecule has 0 bridgehead atoms. The Hall–Kier alpha value is -1.79. The summed E-state index contributed by atoms with van der Waals surface area (Å²) in [7, 11) is -3.40. The van der Waals surface area contributed by atoms with Crippen LogP contribution in [0.2, 0.25) is 5.02 Å². The van der Waals surface area contributed by atoms with E-state index in [-0.39, 0.29) is 12.2 Å². The normalized spacial score (nSPS) is 14.9. The van der Waals surface area contributed by atoms with Gasteiger partial charge >= 0.3 is 5.97 Å². The Balaban J connectivity index is 1.86. The molecular weight excluding hydrogens is 386 g/mol. The predicted octanol–water partition coefficient (Wildman–Crippen LogP) is 4.44. The summed E-state index contributed by atoms with van der Waals surface area (Å²) in [6.45, 7) is 0. The van der Waals surface area contributed by atoms with Crippen LogP contribution in [0.1, 0.15) is 50.5 Å². The number of aliphatic carboxylic acids is 1. The average Bonchev–Trinajstić information content (AvgIpc) is 3.02. The minimum atomic E-state index is -3.40. The summed E-state index contributed by atoms with van der Waals surface area (Å²) >= 11 is 5.94. The third-order valence-corrected chi connectivity index (χ3v) is 5.99. The van der Waals surface area contributed by atoms with Crippen LogP contribution in [0, 0.1) is 0 Å². The SMILES string of the molecule is O=C(O)CCCC=CCC1=C(NS(=O)(=O)CCc2cccc(Cl)c2)CCC1. The second kappa shape index (κ2) is 10.5. The Morgan fingerprint density at radius 2 is 2.07 bits per heavy atom. The molecule has 2 N–H and O–H groups in total. The zero-order valence-corrected chi connectivity index (χ0v) is 16.9. The summed E-state index contributed by atoms with van der Waals surface area (Å²) in [5.41, 5.74) is 2.84. The molecule has 0 saturated carbocycles. The molecule has 0 fully saturated rings. The summed E-state index contributed by atoms with van der Waals surface area (Å²) in [5, 5.41) is 9.22. The van der Waals surface area contributed by atoms with Crippen LogP contribution in [-0.4, -0.2) is 25.2 Å². The highest BCUT2D eigenvalue weighted by Crippen LogP contribution is 2.27. The van der Waals surface area contributed by atoms with E-state index in [2.05, 4.69) is 4.72 Å². The number of carboxylic acid groups (broad SMARTS) is 1. The Morgan fingerprint density at radius 3 is 2.81 bits per heavy atom. The topological polar surface area (TPSA) is 83.5 Å². The summed E-state index contributed by atoms with van der Waals surface area (Å²) in [6.07, 6.45) is 9.21. The highest BCUT2D eigenvalue weighted by molar-refractivity contribution is 7.89. The standard InChI is InChI=1S/C20H26ClNO4S/c21-18-10-5-7-16(15-18)13-14-27(25,26)22-19-11-6-9-17(19)8-3-1-2-4-12-20(23)24/h1,3,5,7,10,15,22H,2,4,6,8-9,11-14H2,(H,23,24). The van der Waals surface area contributed by atoms with Crippen molar-refractivity contribution >= 4 is 27.6 Å². The van der Waals surface area contributed by atoms with Crippen LogP contribution in [0.3, 0.4) is 0 Å².